The largest absolute Gasteiger partial charge is 0.489 e. The smallest absolute Gasteiger partial charge is 0.137 e. The van der Waals surface area contributed by atoms with Gasteiger partial charge in [-0.25, -0.2) is 4.98 Å². The molecule has 0 aliphatic heterocycles. The minimum Gasteiger partial charge on any atom is -0.489 e. The Morgan fingerprint density at radius 1 is 0.952 bits per heavy atom. The molecule has 0 unspecified atom stereocenters. The summed E-state index contributed by atoms with van der Waals surface area (Å²) >= 11 is 15.3. The molecule has 0 saturated carbocycles. The zero-order valence-corrected chi connectivity index (χ0v) is 13.9. The third-order valence-electron chi connectivity index (χ3n) is 3.06. The zero-order valence-electron chi connectivity index (χ0n) is 10.8. The van der Waals surface area contributed by atoms with Crippen LogP contribution in [0.4, 0.5) is 0 Å². The molecule has 0 atom stereocenters. The molecule has 5 heteroatoms. The summed E-state index contributed by atoms with van der Waals surface area (Å²) in [4.78, 5) is 3.99. The van der Waals surface area contributed by atoms with Crippen molar-refractivity contribution in [2.75, 3.05) is 0 Å². The minimum atomic E-state index is 0.352. The summed E-state index contributed by atoms with van der Waals surface area (Å²) in [6, 6.07) is 15.6. The highest BCUT2D eigenvalue weighted by Gasteiger charge is 2.04. The number of hydrogen-bond donors (Lipinski definition) is 0. The van der Waals surface area contributed by atoms with Crippen LogP contribution in [0.1, 0.15) is 5.56 Å². The van der Waals surface area contributed by atoms with Crippen molar-refractivity contribution < 1.29 is 4.74 Å². The van der Waals surface area contributed by atoms with Crippen LogP contribution in [-0.2, 0) is 6.61 Å². The predicted molar refractivity (Wildman–Crippen MR) is 90.2 cm³/mol. The second-order valence-electron chi connectivity index (χ2n) is 4.53. The number of hydrogen-bond acceptors (Lipinski definition) is 2. The first-order valence-electron chi connectivity index (χ1n) is 6.25. The number of ether oxygens (including phenoxy) is 1. The van der Waals surface area contributed by atoms with E-state index in [1.54, 1.807) is 6.07 Å². The van der Waals surface area contributed by atoms with Gasteiger partial charge < -0.3 is 4.74 Å². The fourth-order valence-corrected chi connectivity index (χ4v) is 2.77. The number of pyridine rings is 1. The van der Waals surface area contributed by atoms with Gasteiger partial charge >= 0.3 is 0 Å². The maximum atomic E-state index is 6.03. The first-order valence-corrected chi connectivity index (χ1v) is 7.80. The first-order chi connectivity index (χ1) is 10.1. The summed E-state index contributed by atoms with van der Waals surface area (Å²) in [5.74, 6) is 0.788. The van der Waals surface area contributed by atoms with Gasteiger partial charge in [-0.1, -0.05) is 51.3 Å². The Morgan fingerprint density at radius 2 is 1.71 bits per heavy atom. The lowest BCUT2D eigenvalue weighted by molar-refractivity contribution is 0.306. The van der Waals surface area contributed by atoms with Crippen LogP contribution in [0.25, 0.3) is 10.8 Å². The van der Waals surface area contributed by atoms with Crippen LogP contribution in [0.5, 0.6) is 5.75 Å². The van der Waals surface area contributed by atoms with Crippen molar-refractivity contribution in [2.45, 2.75) is 6.61 Å². The van der Waals surface area contributed by atoms with Crippen molar-refractivity contribution in [2.24, 2.45) is 0 Å². The Hall–Kier alpha value is -1.29. The first kappa shape index (κ1) is 14.6. The molecule has 0 saturated heterocycles. The molecule has 0 bridgehead atoms. The highest BCUT2D eigenvalue weighted by Crippen LogP contribution is 2.25. The second-order valence-corrected chi connectivity index (χ2v) is 6.19. The Morgan fingerprint density at radius 3 is 2.52 bits per heavy atom. The minimum absolute atomic E-state index is 0.352. The lowest BCUT2D eigenvalue weighted by Gasteiger charge is -2.08. The van der Waals surface area contributed by atoms with Gasteiger partial charge in [-0.3, -0.25) is 0 Å². The number of benzene rings is 2. The fourth-order valence-electron chi connectivity index (χ4n) is 1.99. The van der Waals surface area contributed by atoms with Gasteiger partial charge in [0.25, 0.3) is 0 Å². The van der Waals surface area contributed by atoms with E-state index in [2.05, 4.69) is 27.0 Å². The molecule has 21 heavy (non-hydrogen) atoms. The summed E-state index contributed by atoms with van der Waals surface area (Å²) in [7, 11) is 0. The lowest BCUT2D eigenvalue weighted by atomic mass is 10.1. The molecule has 2 aromatic carbocycles. The Kier molecular flexibility index (Phi) is 4.34. The molecule has 0 amide bonds. The fraction of sp³-hybridized carbons (Fsp3) is 0.0625. The number of halogens is 3. The van der Waals surface area contributed by atoms with E-state index in [1.807, 2.05) is 36.4 Å². The molecule has 0 fully saturated rings. The van der Waals surface area contributed by atoms with Crippen LogP contribution in [0.3, 0.4) is 0 Å². The number of nitrogens with zero attached hydrogens (tertiary/aromatic N) is 1. The molecule has 0 aliphatic carbocycles. The van der Waals surface area contributed by atoms with Crippen LogP contribution < -0.4 is 4.74 Å². The van der Waals surface area contributed by atoms with Gasteiger partial charge in [0.05, 0.1) is 0 Å². The Bertz CT molecular complexity index is 807. The SMILES string of the molecule is Clc1ccc(COc2ccc3cc(Br)ccc3c2)c(Cl)n1. The van der Waals surface area contributed by atoms with E-state index < -0.39 is 0 Å². The van der Waals surface area contributed by atoms with Gasteiger partial charge in [0.2, 0.25) is 0 Å². The molecule has 1 aromatic heterocycles. The van der Waals surface area contributed by atoms with Crippen LogP contribution in [0, 0.1) is 0 Å². The predicted octanol–water partition coefficient (Wildman–Crippen LogP) is 5.88. The summed E-state index contributed by atoms with van der Waals surface area (Å²) in [5.41, 5.74) is 0.803. The third kappa shape index (κ3) is 3.49. The van der Waals surface area contributed by atoms with Crippen molar-refractivity contribution in [1.29, 1.82) is 0 Å². The molecule has 0 aliphatic rings. The van der Waals surface area contributed by atoms with Crippen LogP contribution in [0.2, 0.25) is 10.3 Å². The van der Waals surface area contributed by atoms with Crippen molar-refractivity contribution in [3.8, 4) is 5.75 Å². The molecule has 3 aromatic rings. The average Bonchev–Trinajstić information content (AvgIpc) is 2.46. The van der Waals surface area contributed by atoms with Gasteiger partial charge in [-0.15, -0.1) is 0 Å². The molecular weight excluding hydrogens is 373 g/mol. The van der Waals surface area contributed by atoms with E-state index in [0.29, 0.717) is 16.9 Å². The number of fused-ring (bicyclic) bond motifs is 1. The molecule has 0 spiro atoms. The molecule has 0 radical (unpaired) electrons. The van der Waals surface area contributed by atoms with E-state index in [9.17, 15) is 0 Å². The topological polar surface area (TPSA) is 22.1 Å². The van der Waals surface area contributed by atoms with Crippen LogP contribution >= 0.6 is 39.1 Å². The Labute approximate surface area is 140 Å². The van der Waals surface area contributed by atoms with E-state index in [0.717, 1.165) is 26.6 Å². The van der Waals surface area contributed by atoms with Gasteiger partial charge in [-0.2, -0.15) is 0 Å². The summed E-state index contributed by atoms with van der Waals surface area (Å²) in [5, 5.41) is 3.02. The maximum Gasteiger partial charge on any atom is 0.137 e. The molecular formula is C16H10BrCl2NO. The summed E-state index contributed by atoms with van der Waals surface area (Å²) in [6.07, 6.45) is 0. The molecule has 1 heterocycles. The van der Waals surface area contributed by atoms with E-state index >= 15 is 0 Å². The van der Waals surface area contributed by atoms with Crippen molar-refractivity contribution in [1.82, 2.24) is 4.98 Å². The Balaban J connectivity index is 1.80. The second kappa shape index (κ2) is 6.22. The third-order valence-corrected chi connectivity index (χ3v) is 4.09. The van der Waals surface area contributed by atoms with Crippen molar-refractivity contribution in [3.05, 3.63) is 68.9 Å². The highest BCUT2D eigenvalue weighted by atomic mass is 79.9. The van der Waals surface area contributed by atoms with E-state index in [4.69, 9.17) is 27.9 Å². The van der Waals surface area contributed by atoms with Gasteiger partial charge in [0, 0.05) is 10.0 Å². The highest BCUT2D eigenvalue weighted by molar-refractivity contribution is 9.10. The number of aromatic nitrogens is 1. The quantitative estimate of drug-likeness (QED) is 0.527. The summed E-state index contributed by atoms with van der Waals surface area (Å²) in [6.45, 7) is 0.352. The van der Waals surface area contributed by atoms with Crippen LogP contribution in [-0.4, -0.2) is 4.98 Å². The molecule has 3 rings (SSSR count). The maximum absolute atomic E-state index is 6.03. The molecule has 106 valence electrons. The standard InChI is InChI=1S/C16H10BrCl2NO/c17-13-4-1-11-8-14(5-2-10(11)7-13)21-9-12-3-6-15(18)20-16(12)19/h1-8H,9H2. The van der Waals surface area contributed by atoms with Gasteiger partial charge in [-0.05, 0) is 47.2 Å². The molecule has 2 nitrogen and oxygen atoms in total. The summed E-state index contributed by atoms with van der Waals surface area (Å²) < 4.78 is 6.83. The van der Waals surface area contributed by atoms with Gasteiger partial charge in [0.1, 0.15) is 22.7 Å². The monoisotopic (exact) mass is 381 g/mol. The van der Waals surface area contributed by atoms with E-state index in [-0.39, 0.29) is 0 Å². The van der Waals surface area contributed by atoms with E-state index in [1.165, 1.54) is 0 Å². The normalized spacial score (nSPS) is 10.8. The number of rotatable bonds is 3. The van der Waals surface area contributed by atoms with Crippen molar-refractivity contribution >= 4 is 49.9 Å². The van der Waals surface area contributed by atoms with Crippen molar-refractivity contribution in [3.63, 3.8) is 0 Å². The zero-order chi connectivity index (χ0) is 14.8. The molecule has 0 N–H and O–H groups in total. The lowest BCUT2D eigenvalue weighted by Crippen LogP contribution is -1.97. The van der Waals surface area contributed by atoms with Gasteiger partial charge in [0.15, 0.2) is 0 Å². The average molecular weight is 383 g/mol. The van der Waals surface area contributed by atoms with Crippen LogP contribution in [0.15, 0.2) is 53.0 Å².